The van der Waals surface area contributed by atoms with Gasteiger partial charge in [0.2, 0.25) is 0 Å². The zero-order valence-corrected chi connectivity index (χ0v) is 11.6. The van der Waals surface area contributed by atoms with E-state index in [4.69, 9.17) is 5.11 Å². The lowest BCUT2D eigenvalue weighted by molar-refractivity contribution is 0.282. The zero-order valence-electron chi connectivity index (χ0n) is 10.8. The SMILES string of the molecule is Cc1ccc(F)c(NS(=O)(=O)c2ccc(CO)cc2)c1. The van der Waals surface area contributed by atoms with E-state index in [9.17, 15) is 12.8 Å². The number of rotatable bonds is 4. The van der Waals surface area contributed by atoms with Crippen molar-refractivity contribution in [2.24, 2.45) is 0 Å². The Morgan fingerprint density at radius 2 is 1.80 bits per heavy atom. The number of hydrogen-bond donors (Lipinski definition) is 2. The van der Waals surface area contributed by atoms with Crippen LogP contribution in [0.15, 0.2) is 47.4 Å². The molecular weight excluding hydrogens is 281 g/mol. The number of nitrogens with one attached hydrogen (secondary N) is 1. The maximum atomic E-state index is 13.6. The van der Waals surface area contributed by atoms with E-state index in [2.05, 4.69) is 4.72 Å². The molecule has 0 unspecified atom stereocenters. The van der Waals surface area contributed by atoms with Crippen LogP contribution >= 0.6 is 0 Å². The van der Waals surface area contributed by atoms with Gasteiger partial charge < -0.3 is 5.11 Å². The van der Waals surface area contributed by atoms with Gasteiger partial charge in [-0.25, -0.2) is 12.8 Å². The molecule has 106 valence electrons. The van der Waals surface area contributed by atoms with E-state index >= 15 is 0 Å². The van der Waals surface area contributed by atoms with Crippen LogP contribution in [-0.2, 0) is 16.6 Å². The molecule has 2 aromatic carbocycles. The summed E-state index contributed by atoms with van der Waals surface area (Å²) in [7, 11) is -3.85. The third-order valence-electron chi connectivity index (χ3n) is 2.78. The van der Waals surface area contributed by atoms with Gasteiger partial charge in [0.05, 0.1) is 17.2 Å². The van der Waals surface area contributed by atoms with E-state index in [-0.39, 0.29) is 17.2 Å². The largest absolute Gasteiger partial charge is 0.392 e. The quantitative estimate of drug-likeness (QED) is 0.910. The minimum absolute atomic E-state index is 0.00982. The molecule has 0 amide bonds. The first-order valence-electron chi connectivity index (χ1n) is 5.91. The van der Waals surface area contributed by atoms with Gasteiger partial charge in [0.1, 0.15) is 5.82 Å². The zero-order chi connectivity index (χ0) is 14.8. The number of benzene rings is 2. The van der Waals surface area contributed by atoms with E-state index < -0.39 is 15.8 Å². The summed E-state index contributed by atoms with van der Waals surface area (Å²) >= 11 is 0. The van der Waals surface area contributed by atoms with Gasteiger partial charge in [0, 0.05) is 0 Å². The van der Waals surface area contributed by atoms with Crippen molar-refractivity contribution in [3.05, 3.63) is 59.4 Å². The molecule has 0 fully saturated rings. The van der Waals surface area contributed by atoms with Crippen LogP contribution in [0.4, 0.5) is 10.1 Å². The molecule has 0 aliphatic carbocycles. The van der Waals surface area contributed by atoms with E-state index in [1.807, 2.05) is 0 Å². The van der Waals surface area contributed by atoms with E-state index in [1.54, 1.807) is 13.0 Å². The number of aryl methyl sites for hydroxylation is 1. The molecule has 0 radical (unpaired) electrons. The molecule has 0 aliphatic heterocycles. The Hall–Kier alpha value is -1.92. The van der Waals surface area contributed by atoms with Gasteiger partial charge in [-0.15, -0.1) is 0 Å². The monoisotopic (exact) mass is 295 g/mol. The topological polar surface area (TPSA) is 66.4 Å². The highest BCUT2D eigenvalue weighted by Gasteiger charge is 2.16. The molecule has 0 aliphatic rings. The number of halogens is 1. The Morgan fingerprint density at radius 3 is 2.40 bits per heavy atom. The summed E-state index contributed by atoms with van der Waals surface area (Å²) in [5.41, 5.74) is 1.27. The minimum atomic E-state index is -3.85. The van der Waals surface area contributed by atoms with Crippen LogP contribution in [0.2, 0.25) is 0 Å². The van der Waals surface area contributed by atoms with Crippen molar-refractivity contribution in [3.8, 4) is 0 Å². The molecule has 0 saturated carbocycles. The summed E-state index contributed by atoms with van der Waals surface area (Å²) in [6.45, 7) is 1.58. The summed E-state index contributed by atoms with van der Waals surface area (Å²) in [5.74, 6) is -0.633. The van der Waals surface area contributed by atoms with Crippen molar-refractivity contribution in [3.63, 3.8) is 0 Å². The van der Waals surface area contributed by atoms with Crippen molar-refractivity contribution in [2.75, 3.05) is 4.72 Å². The van der Waals surface area contributed by atoms with E-state index in [0.29, 0.717) is 5.56 Å². The fraction of sp³-hybridized carbons (Fsp3) is 0.143. The molecular formula is C14H14FNO3S. The van der Waals surface area contributed by atoms with Crippen LogP contribution in [0.3, 0.4) is 0 Å². The normalized spacial score (nSPS) is 11.3. The van der Waals surface area contributed by atoms with Gasteiger partial charge >= 0.3 is 0 Å². The molecule has 20 heavy (non-hydrogen) atoms. The predicted octanol–water partition coefficient (Wildman–Crippen LogP) is 2.43. The summed E-state index contributed by atoms with van der Waals surface area (Å²) in [6, 6.07) is 9.92. The molecule has 4 nitrogen and oxygen atoms in total. The molecule has 2 rings (SSSR count). The number of sulfonamides is 1. The summed E-state index contributed by atoms with van der Waals surface area (Å²) in [4.78, 5) is 0.00982. The molecule has 0 spiro atoms. The van der Waals surface area contributed by atoms with E-state index in [0.717, 1.165) is 5.56 Å². The average Bonchev–Trinajstić information content (AvgIpc) is 2.43. The minimum Gasteiger partial charge on any atom is -0.392 e. The van der Waals surface area contributed by atoms with Gasteiger partial charge in [-0.1, -0.05) is 18.2 Å². The van der Waals surface area contributed by atoms with Gasteiger partial charge in [-0.2, -0.15) is 0 Å². The van der Waals surface area contributed by atoms with Crippen LogP contribution < -0.4 is 4.72 Å². The second kappa shape index (κ2) is 5.60. The first-order valence-corrected chi connectivity index (χ1v) is 7.39. The number of anilines is 1. The van der Waals surface area contributed by atoms with Crippen LogP contribution in [0.25, 0.3) is 0 Å². The van der Waals surface area contributed by atoms with Gasteiger partial charge in [-0.05, 0) is 42.3 Å². The second-order valence-corrected chi connectivity index (χ2v) is 6.07. The Bertz CT molecular complexity index is 712. The molecule has 2 aromatic rings. The standard InChI is InChI=1S/C14H14FNO3S/c1-10-2-7-13(15)14(8-10)16-20(18,19)12-5-3-11(9-17)4-6-12/h2-8,16-17H,9H2,1H3. The summed E-state index contributed by atoms with van der Waals surface area (Å²) < 4.78 is 40.0. The molecule has 0 aromatic heterocycles. The number of aliphatic hydroxyl groups is 1. The third-order valence-corrected chi connectivity index (χ3v) is 4.16. The van der Waals surface area contributed by atoms with Crippen molar-refractivity contribution in [2.45, 2.75) is 18.4 Å². The molecule has 2 N–H and O–H groups in total. The predicted molar refractivity (Wildman–Crippen MR) is 74.3 cm³/mol. The van der Waals surface area contributed by atoms with Crippen molar-refractivity contribution < 1.29 is 17.9 Å². The van der Waals surface area contributed by atoms with Crippen molar-refractivity contribution >= 4 is 15.7 Å². The summed E-state index contributed by atoms with van der Waals surface area (Å²) in [5, 5.41) is 8.92. The van der Waals surface area contributed by atoms with Crippen LogP contribution in [0.5, 0.6) is 0 Å². The molecule has 6 heteroatoms. The lowest BCUT2D eigenvalue weighted by Gasteiger charge is -2.10. The fourth-order valence-corrected chi connectivity index (χ4v) is 2.75. The van der Waals surface area contributed by atoms with Crippen LogP contribution in [0, 0.1) is 12.7 Å². The van der Waals surface area contributed by atoms with Crippen molar-refractivity contribution in [1.82, 2.24) is 0 Å². The Balaban J connectivity index is 2.32. The third kappa shape index (κ3) is 3.15. The Labute approximate surface area is 116 Å². The average molecular weight is 295 g/mol. The van der Waals surface area contributed by atoms with Gasteiger partial charge in [0.15, 0.2) is 0 Å². The maximum Gasteiger partial charge on any atom is 0.261 e. The number of hydrogen-bond acceptors (Lipinski definition) is 3. The highest BCUT2D eigenvalue weighted by atomic mass is 32.2. The second-order valence-electron chi connectivity index (χ2n) is 4.39. The van der Waals surface area contributed by atoms with Gasteiger partial charge in [0.25, 0.3) is 10.0 Å². The first-order chi connectivity index (χ1) is 9.42. The van der Waals surface area contributed by atoms with Gasteiger partial charge in [-0.3, -0.25) is 4.72 Å². The summed E-state index contributed by atoms with van der Waals surface area (Å²) in [6.07, 6.45) is 0. The fourth-order valence-electron chi connectivity index (χ4n) is 1.70. The van der Waals surface area contributed by atoms with E-state index in [1.165, 1.54) is 36.4 Å². The first kappa shape index (κ1) is 14.5. The van der Waals surface area contributed by atoms with Crippen LogP contribution in [-0.4, -0.2) is 13.5 Å². The van der Waals surface area contributed by atoms with Crippen molar-refractivity contribution in [1.29, 1.82) is 0 Å². The lowest BCUT2D eigenvalue weighted by atomic mass is 10.2. The Kier molecular flexibility index (Phi) is 4.06. The lowest BCUT2D eigenvalue weighted by Crippen LogP contribution is -2.14. The molecule has 0 bridgehead atoms. The Morgan fingerprint density at radius 1 is 1.15 bits per heavy atom. The molecule has 0 heterocycles. The smallest absolute Gasteiger partial charge is 0.261 e. The maximum absolute atomic E-state index is 13.6. The molecule has 0 saturated heterocycles. The molecule has 0 atom stereocenters. The highest BCUT2D eigenvalue weighted by molar-refractivity contribution is 7.92. The van der Waals surface area contributed by atoms with Crippen LogP contribution in [0.1, 0.15) is 11.1 Å². The highest BCUT2D eigenvalue weighted by Crippen LogP contribution is 2.20. The number of aliphatic hydroxyl groups excluding tert-OH is 1.